The van der Waals surface area contributed by atoms with Gasteiger partial charge in [-0.25, -0.2) is 4.83 Å². The quantitative estimate of drug-likeness (QED) is 0.467. The van der Waals surface area contributed by atoms with E-state index >= 15 is 0 Å². The van der Waals surface area contributed by atoms with E-state index in [2.05, 4.69) is 20.1 Å². The molecule has 1 heterocycles. The van der Waals surface area contributed by atoms with Gasteiger partial charge in [0, 0.05) is 21.2 Å². The molecule has 0 saturated heterocycles. The Labute approximate surface area is 164 Å². The molecule has 0 bridgehead atoms. The lowest BCUT2D eigenvalue weighted by molar-refractivity contribution is 0.585. The minimum atomic E-state index is -3.96. The lowest BCUT2D eigenvalue weighted by Crippen LogP contribution is -2.18. The molecule has 2 aromatic carbocycles. The van der Waals surface area contributed by atoms with Gasteiger partial charge in [0.15, 0.2) is 0 Å². The van der Waals surface area contributed by atoms with Gasteiger partial charge in [-0.15, -0.1) is 0 Å². The molecule has 0 amide bonds. The van der Waals surface area contributed by atoms with E-state index in [-0.39, 0.29) is 14.9 Å². The van der Waals surface area contributed by atoms with Crippen LogP contribution in [0.5, 0.6) is 0 Å². The number of aromatic nitrogens is 2. The summed E-state index contributed by atoms with van der Waals surface area (Å²) in [6.07, 6.45) is 2.86. The Morgan fingerprint density at radius 2 is 1.73 bits per heavy atom. The smallest absolute Gasteiger partial charge is 0.277 e. The molecular weight excluding hydrogens is 419 g/mol. The Bertz CT molecular complexity index is 1060. The monoisotopic (exact) mass is 428 g/mol. The van der Waals surface area contributed by atoms with E-state index < -0.39 is 10.0 Å². The number of nitrogens with zero attached hydrogens (tertiary/aromatic N) is 2. The van der Waals surface area contributed by atoms with Gasteiger partial charge in [0.1, 0.15) is 4.90 Å². The summed E-state index contributed by atoms with van der Waals surface area (Å²) in [7, 11) is -3.96. The van der Waals surface area contributed by atoms with Gasteiger partial charge in [-0.3, -0.25) is 5.10 Å². The maximum atomic E-state index is 12.3. The summed E-state index contributed by atoms with van der Waals surface area (Å²) in [5, 5.41) is 11.5. The highest BCUT2D eigenvalue weighted by Crippen LogP contribution is 2.25. The van der Waals surface area contributed by atoms with Gasteiger partial charge in [0.25, 0.3) is 10.0 Å². The van der Waals surface area contributed by atoms with Gasteiger partial charge in [-0.1, -0.05) is 46.9 Å². The SMILES string of the molecule is O=S(=O)(N/N=C\c1cn[nH]c1-c1ccc(Cl)cc1)c1cc(Cl)ccc1Cl. The van der Waals surface area contributed by atoms with Gasteiger partial charge in [0.2, 0.25) is 0 Å². The van der Waals surface area contributed by atoms with E-state index in [1.54, 1.807) is 12.1 Å². The number of rotatable bonds is 5. The molecule has 0 saturated carbocycles. The molecule has 0 atom stereocenters. The zero-order chi connectivity index (χ0) is 18.7. The second-order valence-electron chi connectivity index (χ2n) is 5.13. The van der Waals surface area contributed by atoms with Crippen molar-refractivity contribution in [2.24, 2.45) is 5.10 Å². The standard InChI is InChI=1S/C16H11Cl3N4O2S/c17-12-3-1-10(2-4-12)16-11(8-20-22-16)9-21-23-26(24,25)15-7-13(18)5-6-14(15)19/h1-9,23H,(H,20,22)/b21-9-. The first-order chi connectivity index (χ1) is 12.4. The van der Waals surface area contributed by atoms with Crippen molar-refractivity contribution in [2.75, 3.05) is 0 Å². The van der Waals surface area contributed by atoms with Crippen LogP contribution in [-0.4, -0.2) is 24.8 Å². The second-order valence-corrected chi connectivity index (χ2v) is 8.04. The highest BCUT2D eigenvalue weighted by atomic mass is 35.5. The highest BCUT2D eigenvalue weighted by molar-refractivity contribution is 7.89. The molecule has 6 nitrogen and oxygen atoms in total. The van der Waals surface area contributed by atoms with E-state index in [1.165, 1.54) is 30.6 Å². The normalized spacial score (nSPS) is 11.8. The molecule has 0 spiro atoms. The average molecular weight is 430 g/mol. The molecule has 1 aromatic heterocycles. The first kappa shape index (κ1) is 18.7. The molecule has 26 heavy (non-hydrogen) atoms. The molecule has 2 N–H and O–H groups in total. The van der Waals surface area contributed by atoms with Gasteiger partial charge in [0.05, 0.1) is 23.1 Å². The fourth-order valence-electron chi connectivity index (χ4n) is 2.14. The number of aromatic amines is 1. The number of hydrazone groups is 1. The second kappa shape index (κ2) is 7.67. The lowest BCUT2D eigenvalue weighted by atomic mass is 10.1. The van der Waals surface area contributed by atoms with E-state index in [4.69, 9.17) is 34.8 Å². The summed E-state index contributed by atoms with van der Waals surface area (Å²) in [5.41, 5.74) is 2.09. The fourth-order valence-corrected chi connectivity index (χ4v) is 3.82. The number of nitrogens with one attached hydrogen (secondary N) is 2. The molecule has 0 aliphatic heterocycles. The third-order valence-electron chi connectivity index (χ3n) is 3.36. The molecule has 3 rings (SSSR count). The van der Waals surface area contributed by atoms with Crippen LogP contribution in [0.25, 0.3) is 11.3 Å². The van der Waals surface area contributed by atoms with Crippen molar-refractivity contribution in [2.45, 2.75) is 4.90 Å². The maximum Gasteiger partial charge on any atom is 0.278 e. The Hall–Kier alpha value is -2.06. The Morgan fingerprint density at radius 3 is 2.46 bits per heavy atom. The molecule has 134 valence electrons. The minimum Gasteiger partial charge on any atom is -0.277 e. The minimum absolute atomic E-state index is 0.0438. The van der Waals surface area contributed by atoms with E-state index in [0.717, 1.165) is 5.56 Å². The molecule has 10 heteroatoms. The number of sulfonamides is 1. The van der Waals surface area contributed by atoms with Crippen molar-refractivity contribution in [3.8, 4) is 11.3 Å². The first-order valence-electron chi connectivity index (χ1n) is 7.16. The number of hydrogen-bond acceptors (Lipinski definition) is 4. The zero-order valence-electron chi connectivity index (χ0n) is 12.9. The van der Waals surface area contributed by atoms with E-state index in [0.29, 0.717) is 16.3 Å². The molecule has 0 unspecified atom stereocenters. The largest absolute Gasteiger partial charge is 0.278 e. The molecule has 0 fully saturated rings. The molecule has 0 radical (unpaired) electrons. The molecule has 0 aliphatic rings. The highest BCUT2D eigenvalue weighted by Gasteiger charge is 2.17. The van der Waals surface area contributed by atoms with Crippen LogP contribution < -0.4 is 4.83 Å². The van der Waals surface area contributed by atoms with E-state index in [9.17, 15) is 8.42 Å². The third-order valence-corrected chi connectivity index (χ3v) is 5.55. The summed E-state index contributed by atoms with van der Waals surface area (Å²) in [5.74, 6) is 0. The van der Waals surface area contributed by atoms with Crippen molar-refractivity contribution in [1.29, 1.82) is 0 Å². The molecule has 0 aliphatic carbocycles. The van der Waals surface area contributed by atoms with Crippen molar-refractivity contribution in [3.05, 3.63) is 69.3 Å². The summed E-state index contributed by atoms with van der Waals surface area (Å²) in [6, 6.07) is 11.2. The molecular formula is C16H11Cl3N4O2S. The van der Waals surface area contributed by atoms with Crippen LogP contribution >= 0.6 is 34.8 Å². The Morgan fingerprint density at radius 1 is 1.04 bits per heavy atom. The van der Waals surface area contributed by atoms with Gasteiger partial charge >= 0.3 is 0 Å². The summed E-state index contributed by atoms with van der Waals surface area (Å²) in [4.78, 5) is 1.95. The van der Waals surface area contributed by atoms with Crippen LogP contribution in [0, 0.1) is 0 Å². The Balaban J connectivity index is 1.82. The lowest BCUT2D eigenvalue weighted by Gasteiger charge is -2.06. The number of benzene rings is 2. The van der Waals surface area contributed by atoms with Crippen molar-refractivity contribution < 1.29 is 8.42 Å². The predicted molar refractivity (Wildman–Crippen MR) is 103 cm³/mol. The Kier molecular flexibility index (Phi) is 5.52. The van der Waals surface area contributed by atoms with Gasteiger partial charge in [-0.05, 0) is 30.3 Å². The van der Waals surface area contributed by atoms with Crippen molar-refractivity contribution >= 4 is 51.0 Å². The topological polar surface area (TPSA) is 87.2 Å². The fraction of sp³-hybridized carbons (Fsp3) is 0. The maximum absolute atomic E-state index is 12.3. The van der Waals surface area contributed by atoms with Crippen LogP contribution in [0.2, 0.25) is 15.1 Å². The van der Waals surface area contributed by atoms with Crippen LogP contribution in [0.15, 0.2) is 58.7 Å². The number of hydrogen-bond donors (Lipinski definition) is 2. The van der Waals surface area contributed by atoms with Crippen LogP contribution in [0.4, 0.5) is 0 Å². The van der Waals surface area contributed by atoms with Gasteiger partial charge < -0.3 is 0 Å². The average Bonchev–Trinajstić information content (AvgIpc) is 3.06. The molecule has 3 aromatic rings. The van der Waals surface area contributed by atoms with Crippen LogP contribution in [-0.2, 0) is 10.0 Å². The number of halogens is 3. The predicted octanol–water partition coefficient (Wildman–Crippen LogP) is 4.35. The van der Waals surface area contributed by atoms with Crippen LogP contribution in [0.1, 0.15) is 5.56 Å². The summed E-state index contributed by atoms with van der Waals surface area (Å²) in [6.45, 7) is 0. The number of H-pyrrole nitrogens is 1. The summed E-state index contributed by atoms with van der Waals surface area (Å²) >= 11 is 17.6. The first-order valence-corrected chi connectivity index (χ1v) is 9.78. The van der Waals surface area contributed by atoms with E-state index in [1.807, 2.05) is 12.1 Å². The summed E-state index contributed by atoms with van der Waals surface area (Å²) < 4.78 is 24.6. The van der Waals surface area contributed by atoms with Gasteiger partial charge in [-0.2, -0.15) is 18.6 Å². The van der Waals surface area contributed by atoms with Crippen molar-refractivity contribution in [1.82, 2.24) is 15.0 Å². The van der Waals surface area contributed by atoms with Crippen molar-refractivity contribution in [3.63, 3.8) is 0 Å². The third kappa shape index (κ3) is 4.19. The zero-order valence-corrected chi connectivity index (χ0v) is 16.0. The van der Waals surface area contributed by atoms with Crippen LogP contribution in [0.3, 0.4) is 0 Å².